The standard InChI is InChI=1S/C14H13ClFNO3S/c1-20-13-5-2-10(15)6-9(13)8-21(18,19)14-7-11(16)3-4-12(14)17/h2-7H,8,17H2,1H3. The van der Waals surface area contributed by atoms with Gasteiger partial charge in [-0.25, -0.2) is 12.8 Å². The minimum absolute atomic E-state index is 0.00241. The molecular weight excluding hydrogens is 317 g/mol. The van der Waals surface area contributed by atoms with E-state index in [1.165, 1.54) is 19.2 Å². The largest absolute Gasteiger partial charge is 0.496 e. The molecule has 0 atom stereocenters. The van der Waals surface area contributed by atoms with E-state index in [4.69, 9.17) is 22.1 Å². The fourth-order valence-electron chi connectivity index (χ4n) is 1.92. The van der Waals surface area contributed by atoms with Gasteiger partial charge in [0.05, 0.1) is 23.4 Å². The van der Waals surface area contributed by atoms with Crippen LogP contribution in [0, 0.1) is 5.82 Å². The van der Waals surface area contributed by atoms with Crippen molar-refractivity contribution in [3.8, 4) is 5.75 Å². The normalized spacial score (nSPS) is 11.4. The molecule has 0 aliphatic heterocycles. The first kappa shape index (κ1) is 15.6. The summed E-state index contributed by atoms with van der Waals surface area (Å²) in [7, 11) is -2.39. The first-order valence-electron chi connectivity index (χ1n) is 5.93. The molecule has 2 aromatic rings. The molecule has 4 nitrogen and oxygen atoms in total. The highest BCUT2D eigenvalue weighted by atomic mass is 35.5. The van der Waals surface area contributed by atoms with Gasteiger partial charge in [0.1, 0.15) is 11.6 Å². The quantitative estimate of drug-likeness (QED) is 0.875. The minimum atomic E-state index is -3.82. The molecule has 0 spiro atoms. The zero-order valence-corrected chi connectivity index (χ0v) is 12.7. The Morgan fingerprint density at radius 2 is 1.95 bits per heavy atom. The third-order valence-electron chi connectivity index (χ3n) is 2.90. The number of sulfone groups is 1. The lowest BCUT2D eigenvalue weighted by molar-refractivity contribution is 0.411. The molecule has 2 N–H and O–H groups in total. The zero-order chi connectivity index (χ0) is 15.6. The Balaban J connectivity index is 2.47. The van der Waals surface area contributed by atoms with E-state index in [9.17, 15) is 12.8 Å². The number of nitrogen functional groups attached to an aromatic ring is 1. The van der Waals surface area contributed by atoms with Gasteiger partial charge in [-0.1, -0.05) is 11.6 Å². The molecule has 0 aromatic heterocycles. The molecule has 0 amide bonds. The third-order valence-corrected chi connectivity index (χ3v) is 4.85. The summed E-state index contributed by atoms with van der Waals surface area (Å²) in [6, 6.07) is 7.88. The van der Waals surface area contributed by atoms with Crippen molar-refractivity contribution >= 4 is 27.1 Å². The molecule has 21 heavy (non-hydrogen) atoms. The molecule has 0 saturated carbocycles. The van der Waals surface area contributed by atoms with Gasteiger partial charge in [0.2, 0.25) is 0 Å². The van der Waals surface area contributed by atoms with Crippen LogP contribution in [-0.4, -0.2) is 15.5 Å². The van der Waals surface area contributed by atoms with Crippen LogP contribution in [0.25, 0.3) is 0 Å². The number of nitrogens with two attached hydrogens (primary N) is 1. The molecule has 0 aliphatic carbocycles. The average Bonchev–Trinajstić information content (AvgIpc) is 2.41. The molecule has 2 rings (SSSR count). The van der Waals surface area contributed by atoms with E-state index in [2.05, 4.69) is 0 Å². The summed E-state index contributed by atoms with van der Waals surface area (Å²) in [4.78, 5) is -0.246. The monoisotopic (exact) mass is 329 g/mol. The number of methoxy groups -OCH3 is 1. The molecule has 0 saturated heterocycles. The maximum atomic E-state index is 13.3. The second-order valence-electron chi connectivity index (χ2n) is 4.40. The number of hydrogen-bond donors (Lipinski definition) is 1. The van der Waals surface area contributed by atoms with E-state index in [0.29, 0.717) is 16.3 Å². The lowest BCUT2D eigenvalue weighted by Gasteiger charge is -2.11. The SMILES string of the molecule is COc1ccc(Cl)cc1CS(=O)(=O)c1cc(F)ccc1N. The maximum absolute atomic E-state index is 13.3. The van der Waals surface area contributed by atoms with Crippen LogP contribution in [0.5, 0.6) is 5.75 Å². The van der Waals surface area contributed by atoms with Gasteiger partial charge in [-0.05, 0) is 36.4 Å². The van der Waals surface area contributed by atoms with Crippen LogP contribution in [0.2, 0.25) is 5.02 Å². The van der Waals surface area contributed by atoms with E-state index >= 15 is 0 Å². The van der Waals surface area contributed by atoms with Crippen LogP contribution >= 0.6 is 11.6 Å². The topological polar surface area (TPSA) is 69.4 Å². The van der Waals surface area contributed by atoms with Crippen molar-refractivity contribution < 1.29 is 17.5 Å². The Morgan fingerprint density at radius 3 is 2.62 bits per heavy atom. The van der Waals surface area contributed by atoms with Crippen molar-refractivity contribution in [2.45, 2.75) is 10.6 Å². The Kier molecular flexibility index (Phi) is 4.39. The number of anilines is 1. The van der Waals surface area contributed by atoms with Gasteiger partial charge < -0.3 is 10.5 Å². The van der Waals surface area contributed by atoms with Gasteiger partial charge in [-0.15, -0.1) is 0 Å². The molecule has 0 unspecified atom stereocenters. The smallest absolute Gasteiger partial charge is 0.184 e. The molecular formula is C14H13ClFNO3S. The molecule has 0 aliphatic rings. The van der Waals surface area contributed by atoms with Crippen molar-refractivity contribution in [1.29, 1.82) is 0 Å². The van der Waals surface area contributed by atoms with Crippen LogP contribution in [-0.2, 0) is 15.6 Å². The summed E-state index contributed by atoms with van der Waals surface area (Å²) < 4.78 is 43.2. The fraction of sp³-hybridized carbons (Fsp3) is 0.143. The van der Waals surface area contributed by atoms with Gasteiger partial charge in [0, 0.05) is 10.6 Å². The van der Waals surface area contributed by atoms with Gasteiger partial charge in [-0.3, -0.25) is 0 Å². The third kappa shape index (κ3) is 3.46. The van der Waals surface area contributed by atoms with Crippen molar-refractivity contribution in [2.75, 3.05) is 12.8 Å². The second-order valence-corrected chi connectivity index (χ2v) is 6.79. The highest BCUT2D eigenvalue weighted by Crippen LogP contribution is 2.29. The van der Waals surface area contributed by atoms with E-state index in [1.54, 1.807) is 12.1 Å². The van der Waals surface area contributed by atoms with E-state index < -0.39 is 15.7 Å². The minimum Gasteiger partial charge on any atom is -0.496 e. The van der Waals surface area contributed by atoms with E-state index in [1.807, 2.05) is 0 Å². The number of ether oxygens (including phenoxy) is 1. The van der Waals surface area contributed by atoms with Crippen molar-refractivity contribution in [1.82, 2.24) is 0 Å². The van der Waals surface area contributed by atoms with Crippen molar-refractivity contribution in [2.24, 2.45) is 0 Å². The fourth-order valence-corrected chi connectivity index (χ4v) is 3.62. The predicted octanol–water partition coefficient (Wildman–Crippen LogP) is 3.04. The molecule has 2 aromatic carbocycles. The van der Waals surface area contributed by atoms with Crippen molar-refractivity contribution in [3.05, 3.63) is 52.8 Å². The maximum Gasteiger partial charge on any atom is 0.184 e. The molecule has 0 bridgehead atoms. The zero-order valence-electron chi connectivity index (χ0n) is 11.1. The molecule has 0 heterocycles. The van der Waals surface area contributed by atoms with Gasteiger partial charge in [-0.2, -0.15) is 0 Å². The first-order chi connectivity index (χ1) is 9.83. The summed E-state index contributed by atoms with van der Waals surface area (Å²) in [5.41, 5.74) is 6.01. The molecule has 0 radical (unpaired) electrons. The molecule has 112 valence electrons. The van der Waals surface area contributed by atoms with Crippen LogP contribution in [0.1, 0.15) is 5.56 Å². The Bertz CT molecular complexity index is 778. The highest BCUT2D eigenvalue weighted by molar-refractivity contribution is 7.90. The van der Waals surface area contributed by atoms with Crippen LogP contribution in [0.15, 0.2) is 41.3 Å². The van der Waals surface area contributed by atoms with E-state index in [0.717, 1.165) is 12.1 Å². The van der Waals surface area contributed by atoms with Crippen molar-refractivity contribution in [3.63, 3.8) is 0 Å². The highest BCUT2D eigenvalue weighted by Gasteiger charge is 2.21. The Morgan fingerprint density at radius 1 is 1.24 bits per heavy atom. The van der Waals surface area contributed by atoms with Crippen LogP contribution in [0.3, 0.4) is 0 Å². The first-order valence-corrected chi connectivity index (χ1v) is 7.96. The second kappa shape index (κ2) is 5.91. The number of halogens is 2. The summed E-state index contributed by atoms with van der Waals surface area (Å²) in [5.74, 6) is -0.663. The average molecular weight is 330 g/mol. The lowest BCUT2D eigenvalue weighted by atomic mass is 10.2. The Hall–Kier alpha value is -1.79. The summed E-state index contributed by atoms with van der Waals surface area (Å²) >= 11 is 5.87. The molecule has 7 heteroatoms. The summed E-state index contributed by atoms with van der Waals surface area (Å²) in [6.07, 6.45) is 0. The van der Waals surface area contributed by atoms with Gasteiger partial charge >= 0.3 is 0 Å². The number of benzene rings is 2. The Labute approximate surface area is 127 Å². The summed E-state index contributed by atoms with van der Waals surface area (Å²) in [5, 5.41) is 0.383. The van der Waals surface area contributed by atoms with Crippen LogP contribution < -0.4 is 10.5 Å². The van der Waals surface area contributed by atoms with Gasteiger partial charge in [0.25, 0.3) is 0 Å². The molecule has 0 fully saturated rings. The van der Waals surface area contributed by atoms with Gasteiger partial charge in [0.15, 0.2) is 9.84 Å². The summed E-state index contributed by atoms with van der Waals surface area (Å²) in [6.45, 7) is 0. The van der Waals surface area contributed by atoms with Crippen LogP contribution in [0.4, 0.5) is 10.1 Å². The lowest BCUT2D eigenvalue weighted by Crippen LogP contribution is -2.09. The predicted molar refractivity (Wildman–Crippen MR) is 79.7 cm³/mol. The van der Waals surface area contributed by atoms with E-state index in [-0.39, 0.29) is 16.3 Å². The number of rotatable bonds is 4. The number of hydrogen-bond acceptors (Lipinski definition) is 4.